The van der Waals surface area contributed by atoms with Crippen LogP contribution in [-0.2, 0) is 23.8 Å². The summed E-state index contributed by atoms with van der Waals surface area (Å²) in [6.45, 7) is 0.909. The highest BCUT2D eigenvalue weighted by Gasteiger charge is 2.21. The number of nitrogens with zero attached hydrogens (tertiary/aromatic N) is 2. The number of benzene rings is 2. The number of rotatable bonds is 6. The van der Waals surface area contributed by atoms with Gasteiger partial charge in [0.2, 0.25) is 11.8 Å². The van der Waals surface area contributed by atoms with Gasteiger partial charge in [-0.2, -0.15) is 8.42 Å². The maximum absolute atomic E-state index is 10.8. The second-order valence-corrected chi connectivity index (χ2v) is 8.35. The molecule has 2 aliphatic heterocycles. The Labute approximate surface area is 176 Å². The highest BCUT2D eigenvalue weighted by atomic mass is 32.2. The Bertz CT molecular complexity index is 977. The van der Waals surface area contributed by atoms with Crippen molar-refractivity contribution in [2.45, 2.75) is 12.1 Å². The molecule has 4 rings (SSSR count). The molecular weight excluding hydrogens is 408 g/mol. The Kier molecular flexibility index (Phi) is 7.56. The van der Waals surface area contributed by atoms with Gasteiger partial charge in [0.05, 0.1) is 19.5 Å². The van der Waals surface area contributed by atoms with Crippen molar-refractivity contribution in [3.05, 3.63) is 71.8 Å². The van der Waals surface area contributed by atoms with Gasteiger partial charge in [-0.1, -0.05) is 36.4 Å². The maximum Gasteiger partial charge on any atom is 0.264 e. The number of aliphatic imine (C=N–C) groups is 2. The molecule has 0 aromatic heterocycles. The lowest BCUT2D eigenvalue weighted by molar-refractivity contribution is 0.227. The molecule has 0 spiro atoms. The predicted octanol–water partition coefficient (Wildman–Crippen LogP) is 1.63. The van der Waals surface area contributed by atoms with E-state index in [4.69, 9.17) is 14.6 Å². The van der Waals surface area contributed by atoms with Crippen molar-refractivity contribution >= 4 is 21.9 Å². The molecule has 160 valence electrons. The number of aliphatic hydroxyl groups is 1. The first-order valence-corrected chi connectivity index (χ1v) is 11.2. The molecule has 0 saturated heterocycles. The molecule has 2 heterocycles. The van der Waals surface area contributed by atoms with Crippen LogP contribution in [0.25, 0.3) is 0 Å². The molecule has 0 amide bonds. The van der Waals surface area contributed by atoms with Crippen LogP contribution < -0.4 is 0 Å². The molecule has 1 N–H and O–H groups in total. The Balaban J connectivity index is 0.000000177. The van der Waals surface area contributed by atoms with Crippen molar-refractivity contribution in [2.24, 2.45) is 9.98 Å². The van der Waals surface area contributed by atoms with Crippen molar-refractivity contribution in [3.8, 4) is 0 Å². The summed E-state index contributed by atoms with van der Waals surface area (Å²) < 4.78 is 37.1. The zero-order valence-electron chi connectivity index (χ0n) is 16.5. The molecule has 9 heteroatoms. The third kappa shape index (κ3) is 6.65. The fraction of sp³-hybridized carbons (Fsp3) is 0.333. The molecule has 0 radical (unpaired) electrons. The van der Waals surface area contributed by atoms with Crippen LogP contribution in [0.1, 0.15) is 11.1 Å². The number of hydrogen-bond donors (Lipinski definition) is 1. The van der Waals surface area contributed by atoms with Gasteiger partial charge in [0.15, 0.2) is 0 Å². The fourth-order valence-corrected chi connectivity index (χ4v) is 3.09. The zero-order valence-corrected chi connectivity index (χ0v) is 17.4. The summed E-state index contributed by atoms with van der Waals surface area (Å²) >= 11 is 0. The molecule has 2 aliphatic rings. The van der Waals surface area contributed by atoms with Crippen molar-refractivity contribution in [3.63, 3.8) is 0 Å². The van der Waals surface area contributed by atoms with E-state index >= 15 is 0 Å². The third-order valence-corrected chi connectivity index (χ3v) is 4.72. The van der Waals surface area contributed by atoms with Gasteiger partial charge in [0.25, 0.3) is 10.1 Å². The van der Waals surface area contributed by atoms with Crippen LogP contribution in [0, 0.1) is 0 Å². The smallest absolute Gasteiger partial charge is 0.264 e. The lowest BCUT2D eigenvalue weighted by Crippen LogP contribution is -2.17. The van der Waals surface area contributed by atoms with Gasteiger partial charge in [-0.05, 0) is 24.3 Å². The van der Waals surface area contributed by atoms with Crippen LogP contribution in [0.15, 0.2) is 70.6 Å². The van der Waals surface area contributed by atoms with E-state index in [0.29, 0.717) is 25.0 Å². The molecule has 2 aromatic rings. The average Bonchev–Trinajstić information content (AvgIpc) is 3.43. The largest absolute Gasteiger partial charge is 0.475 e. The molecule has 0 saturated carbocycles. The van der Waals surface area contributed by atoms with Crippen molar-refractivity contribution in [1.29, 1.82) is 0 Å². The minimum Gasteiger partial charge on any atom is -0.475 e. The first-order valence-electron chi connectivity index (χ1n) is 9.42. The highest BCUT2D eigenvalue weighted by molar-refractivity contribution is 7.85. The number of ether oxygens (including phenoxy) is 2. The molecule has 0 bridgehead atoms. The summed E-state index contributed by atoms with van der Waals surface area (Å²) in [6, 6.07) is 18.8. The van der Waals surface area contributed by atoms with Crippen LogP contribution in [0.4, 0.5) is 0 Å². The van der Waals surface area contributed by atoms with E-state index in [0.717, 1.165) is 17.4 Å². The molecule has 8 nitrogen and oxygen atoms in total. The summed E-state index contributed by atoms with van der Waals surface area (Å²) in [5, 5.41) is 8.84. The van der Waals surface area contributed by atoms with Crippen LogP contribution >= 0.6 is 0 Å². The Hall–Kier alpha value is -2.75. The second-order valence-electron chi connectivity index (χ2n) is 6.70. The monoisotopic (exact) mass is 432 g/mol. The third-order valence-electron chi connectivity index (χ3n) is 4.15. The van der Waals surface area contributed by atoms with Crippen molar-refractivity contribution in [1.82, 2.24) is 0 Å². The quantitative estimate of drug-likeness (QED) is 0.696. The van der Waals surface area contributed by atoms with Crippen LogP contribution in [-0.4, -0.2) is 70.1 Å². The van der Waals surface area contributed by atoms with Gasteiger partial charge >= 0.3 is 0 Å². The van der Waals surface area contributed by atoms with E-state index in [1.54, 1.807) is 0 Å². The maximum atomic E-state index is 10.8. The lowest BCUT2D eigenvalue weighted by Gasteiger charge is -2.03. The van der Waals surface area contributed by atoms with Crippen LogP contribution in [0.5, 0.6) is 0 Å². The van der Waals surface area contributed by atoms with Crippen molar-refractivity contribution < 1.29 is 27.2 Å². The summed E-state index contributed by atoms with van der Waals surface area (Å²) in [7, 11) is -3.42. The summed E-state index contributed by atoms with van der Waals surface area (Å²) in [4.78, 5) is 8.49. The van der Waals surface area contributed by atoms with E-state index in [-0.39, 0.29) is 25.3 Å². The minimum absolute atomic E-state index is 0.0230. The van der Waals surface area contributed by atoms with Crippen LogP contribution in [0.3, 0.4) is 0 Å². The molecule has 0 aliphatic carbocycles. The minimum atomic E-state index is -3.42. The standard InChI is InChI=1S/C11H13NO4S.C10H11NO2/c1-17(13,14)16-8-10-7-15-11(12-10)9-5-3-2-4-6-9;12-6-9-7-13-10(11-9)8-4-2-1-3-5-8/h2-6,10H,7-8H2,1H3;1-5,9,12H,6-7H2/t10-;9-/m01/s1. The van der Waals surface area contributed by atoms with E-state index in [1.165, 1.54) is 0 Å². The molecule has 0 unspecified atom stereocenters. The van der Waals surface area contributed by atoms with Crippen LogP contribution in [0.2, 0.25) is 0 Å². The van der Waals surface area contributed by atoms with E-state index in [9.17, 15) is 8.42 Å². The Morgan fingerprint density at radius 1 is 0.900 bits per heavy atom. The van der Waals surface area contributed by atoms with E-state index in [1.807, 2.05) is 60.7 Å². The fourth-order valence-electron chi connectivity index (χ4n) is 2.69. The Morgan fingerprint density at radius 2 is 1.37 bits per heavy atom. The molecule has 0 fully saturated rings. The normalized spacial score (nSPS) is 20.3. The van der Waals surface area contributed by atoms with Gasteiger partial charge < -0.3 is 14.6 Å². The summed E-state index contributed by atoms with van der Waals surface area (Å²) in [5.41, 5.74) is 1.85. The molecule has 30 heavy (non-hydrogen) atoms. The summed E-state index contributed by atoms with van der Waals surface area (Å²) in [5.74, 6) is 1.17. The molecule has 2 aromatic carbocycles. The molecular formula is C21H24N2O6S. The SMILES string of the molecule is CS(=O)(=O)OC[C@@H]1COC(c2ccccc2)=N1.OC[C@@H]1COC(c2ccccc2)=N1. The average molecular weight is 432 g/mol. The first-order chi connectivity index (χ1) is 14.4. The van der Waals surface area contributed by atoms with E-state index in [2.05, 4.69) is 14.2 Å². The van der Waals surface area contributed by atoms with Gasteiger partial charge in [-0.15, -0.1) is 0 Å². The van der Waals surface area contributed by atoms with E-state index < -0.39 is 10.1 Å². The van der Waals surface area contributed by atoms with Gasteiger partial charge in [-0.25, -0.2) is 9.98 Å². The predicted molar refractivity (Wildman–Crippen MR) is 113 cm³/mol. The topological polar surface area (TPSA) is 107 Å². The van der Waals surface area contributed by atoms with Gasteiger partial charge in [-0.3, -0.25) is 4.18 Å². The summed E-state index contributed by atoms with van der Waals surface area (Å²) in [6.07, 6.45) is 1.02. The van der Waals surface area contributed by atoms with Gasteiger partial charge in [0, 0.05) is 11.1 Å². The second kappa shape index (κ2) is 10.3. The lowest BCUT2D eigenvalue weighted by atomic mass is 10.2. The van der Waals surface area contributed by atoms with Gasteiger partial charge in [0.1, 0.15) is 25.3 Å². The number of hydrogen-bond acceptors (Lipinski definition) is 8. The highest BCUT2D eigenvalue weighted by Crippen LogP contribution is 2.13. The number of aliphatic hydroxyl groups excluding tert-OH is 1. The van der Waals surface area contributed by atoms with Crippen molar-refractivity contribution in [2.75, 3.05) is 32.7 Å². The zero-order chi connectivity index (χ0) is 21.4. The Morgan fingerprint density at radius 3 is 1.80 bits per heavy atom. The molecule has 2 atom stereocenters. The first kappa shape index (κ1) is 21.9.